The van der Waals surface area contributed by atoms with Crippen LogP contribution < -0.4 is 0 Å². The van der Waals surface area contributed by atoms with E-state index in [1.165, 1.54) is 18.7 Å². The number of carbonyl (C=O) groups is 1. The van der Waals surface area contributed by atoms with Crippen LogP contribution in [-0.2, 0) is 4.74 Å². The second-order valence-corrected chi connectivity index (χ2v) is 1.73. The molecular weight excluding hydrogens is 134 g/mol. The molecule has 0 aromatic carbocycles. The molecule has 0 aromatic rings. The van der Waals surface area contributed by atoms with Crippen molar-refractivity contribution in [2.24, 2.45) is 0 Å². The van der Waals surface area contributed by atoms with Crippen LogP contribution in [0.2, 0.25) is 0 Å². The quantitative estimate of drug-likeness (QED) is 0.547. The predicted molar refractivity (Wildman–Crippen MR) is 34.1 cm³/mol. The Morgan fingerprint density at radius 2 is 2.40 bits per heavy atom. The molecule has 0 radical (unpaired) electrons. The molecule has 1 N–H and O–H groups in total. The first-order valence-electron chi connectivity index (χ1n) is 2.77. The SMILES string of the molecule is O=C(O)N1C=COC=CC1. The molecule has 1 amide bonds. The van der Waals surface area contributed by atoms with E-state index in [9.17, 15) is 4.79 Å². The van der Waals surface area contributed by atoms with Crippen molar-refractivity contribution >= 4 is 6.09 Å². The first kappa shape index (κ1) is 6.67. The van der Waals surface area contributed by atoms with E-state index >= 15 is 0 Å². The van der Waals surface area contributed by atoms with Gasteiger partial charge in [-0.1, -0.05) is 0 Å². The number of ether oxygens (including phenoxy) is 1. The van der Waals surface area contributed by atoms with E-state index in [0.29, 0.717) is 6.54 Å². The van der Waals surface area contributed by atoms with Gasteiger partial charge in [0.2, 0.25) is 0 Å². The van der Waals surface area contributed by atoms with Gasteiger partial charge in [0.1, 0.15) is 6.26 Å². The smallest absolute Gasteiger partial charge is 0.411 e. The topological polar surface area (TPSA) is 49.8 Å². The summed E-state index contributed by atoms with van der Waals surface area (Å²) >= 11 is 0. The maximum absolute atomic E-state index is 10.3. The molecule has 0 aromatic heterocycles. The van der Waals surface area contributed by atoms with Gasteiger partial charge < -0.3 is 9.84 Å². The Kier molecular flexibility index (Phi) is 1.94. The third-order valence-electron chi connectivity index (χ3n) is 1.04. The highest BCUT2D eigenvalue weighted by Gasteiger charge is 2.06. The second-order valence-electron chi connectivity index (χ2n) is 1.73. The van der Waals surface area contributed by atoms with Gasteiger partial charge in [0.25, 0.3) is 0 Å². The van der Waals surface area contributed by atoms with Crippen LogP contribution in [-0.4, -0.2) is 22.6 Å². The summed E-state index contributed by atoms with van der Waals surface area (Å²) in [5, 5.41) is 8.45. The standard InChI is InChI=1S/C6H7NO3/c8-6(9)7-2-1-4-10-5-3-7/h1,3-5H,2H2,(H,8,9). The fourth-order valence-electron chi connectivity index (χ4n) is 0.569. The molecule has 0 bridgehead atoms. The molecule has 1 rings (SSSR count). The van der Waals surface area contributed by atoms with E-state index in [2.05, 4.69) is 0 Å². The number of nitrogens with zero attached hydrogens (tertiary/aromatic N) is 1. The Balaban J connectivity index is 2.60. The largest absolute Gasteiger partial charge is 0.471 e. The molecule has 4 heteroatoms. The summed E-state index contributed by atoms with van der Waals surface area (Å²) in [5.74, 6) is 0. The monoisotopic (exact) mass is 141 g/mol. The van der Waals surface area contributed by atoms with E-state index < -0.39 is 6.09 Å². The van der Waals surface area contributed by atoms with Crippen LogP contribution in [0.4, 0.5) is 4.79 Å². The average Bonchev–Trinajstić information content (AvgIpc) is 2.12. The normalized spacial score (nSPS) is 16.2. The lowest BCUT2D eigenvalue weighted by molar-refractivity contribution is 0.166. The van der Waals surface area contributed by atoms with E-state index in [1.54, 1.807) is 6.08 Å². The number of rotatable bonds is 0. The maximum Gasteiger partial charge on any atom is 0.411 e. The number of carboxylic acid groups (broad SMARTS) is 1. The van der Waals surface area contributed by atoms with Gasteiger partial charge in [-0.25, -0.2) is 4.79 Å². The first-order valence-corrected chi connectivity index (χ1v) is 2.77. The lowest BCUT2D eigenvalue weighted by atomic mass is 10.5. The van der Waals surface area contributed by atoms with E-state index in [0.717, 1.165) is 4.90 Å². The molecular formula is C6H7NO3. The lowest BCUT2D eigenvalue weighted by Crippen LogP contribution is -2.22. The summed E-state index contributed by atoms with van der Waals surface area (Å²) in [6.07, 6.45) is 4.76. The summed E-state index contributed by atoms with van der Waals surface area (Å²) in [5.41, 5.74) is 0. The molecule has 10 heavy (non-hydrogen) atoms. The maximum atomic E-state index is 10.3. The Morgan fingerprint density at radius 1 is 1.60 bits per heavy atom. The zero-order valence-corrected chi connectivity index (χ0v) is 5.23. The summed E-state index contributed by atoms with van der Waals surface area (Å²) < 4.78 is 4.71. The highest BCUT2D eigenvalue weighted by Crippen LogP contribution is 1.96. The molecule has 1 aliphatic rings. The van der Waals surface area contributed by atoms with Crippen LogP contribution >= 0.6 is 0 Å². The fourth-order valence-corrected chi connectivity index (χ4v) is 0.569. The molecule has 54 valence electrons. The minimum Gasteiger partial charge on any atom is -0.471 e. The van der Waals surface area contributed by atoms with Crippen molar-refractivity contribution < 1.29 is 14.6 Å². The van der Waals surface area contributed by atoms with E-state index in [1.807, 2.05) is 0 Å². The minimum absolute atomic E-state index is 0.339. The minimum atomic E-state index is -0.980. The Morgan fingerprint density at radius 3 is 3.10 bits per heavy atom. The van der Waals surface area contributed by atoms with Crippen molar-refractivity contribution in [3.05, 3.63) is 24.8 Å². The van der Waals surface area contributed by atoms with Crippen molar-refractivity contribution in [3.8, 4) is 0 Å². The highest BCUT2D eigenvalue weighted by atomic mass is 16.5. The molecule has 0 aliphatic carbocycles. The van der Waals surface area contributed by atoms with E-state index in [4.69, 9.17) is 9.84 Å². The Hall–Kier alpha value is -1.45. The van der Waals surface area contributed by atoms with Crippen LogP contribution in [0.15, 0.2) is 24.8 Å². The molecule has 0 spiro atoms. The molecule has 1 aliphatic heterocycles. The van der Waals surface area contributed by atoms with Crippen LogP contribution in [0.25, 0.3) is 0 Å². The van der Waals surface area contributed by atoms with Crippen LogP contribution in [0, 0.1) is 0 Å². The van der Waals surface area contributed by atoms with Crippen molar-refractivity contribution in [1.82, 2.24) is 4.90 Å². The summed E-state index contributed by atoms with van der Waals surface area (Å²) in [4.78, 5) is 11.4. The number of hydrogen-bond acceptors (Lipinski definition) is 2. The van der Waals surface area contributed by atoms with Gasteiger partial charge in [-0.15, -0.1) is 0 Å². The lowest BCUT2D eigenvalue weighted by Gasteiger charge is -2.07. The van der Waals surface area contributed by atoms with Crippen molar-refractivity contribution in [2.75, 3.05) is 6.54 Å². The number of hydrogen-bond donors (Lipinski definition) is 1. The molecule has 1 heterocycles. The van der Waals surface area contributed by atoms with Crippen molar-refractivity contribution in [1.29, 1.82) is 0 Å². The zero-order valence-electron chi connectivity index (χ0n) is 5.23. The highest BCUT2D eigenvalue weighted by molar-refractivity contribution is 5.66. The van der Waals surface area contributed by atoms with Gasteiger partial charge in [0, 0.05) is 6.20 Å². The molecule has 0 fully saturated rings. The van der Waals surface area contributed by atoms with Crippen LogP contribution in [0.5, 0.6) is 0 Å². The molecule has 0 atom stereocenters. The Bertz CT molecular complexity index is 185. The average molecular weight is 141 g/mol. The fraction of sp³-hybridized carbons (Fsp3) is 0.167. The summed E-state index contributed by atoms with van der Waals surface area (Å²) in [6, 6.07) is 0. The Labute approximate surface area is 58.0 Å². The molecule has 0 saturated heterocycles. The van der Waals surface area contributed by atoms with Crippen LogP contribution in [0.1, 0.15) is 0 Å². The third kappa shape index (κ3) is 1.51. The van der Waals surface area contributed by atoms with Gasteiger partial charge in [-0.05, 0) is 6.08 Å². The summed E-state index contributed by atoms with van der Waals surface area (Å²) in [7, 11) is 0. The predicted octanol–water partition coefficient (Wildman–Crippen LogP) is 0.981. The van der Waals surface area contributed by atoms with Crippen molar-refractivity contribution in [3.63, 3.8) is 0 Å². The van der Waals surface area contributed by atoms with Gasteiger partial charge in [-0.3, -0.25) is 4.90 Å². The summed E-state index contributed by atoms with van der Waals surface area (Å²) in [6.45, 7) is 0.339. The van der Waals surface area contributed by atoms with Gasteiger partial charge in [0.15, 0.2) is 0 Å². The molecule has 0 unspecified atom stereocenters. The molecule has 0 saturated carbocycles. The third-order valence-corrected chi connectivity index (χ3v) is 1.04. The first-order chi connectivity index (χ1) is 4.80. The molecule has 4 nitrogen and oxygen atoms in total. The van der Waals surface area contributed by atoms with Gasteiger partial charge >= 0.3 is 6.09 Å². The van der Waals surface area contributed by atoms with Crippen molar-refractivity contribution in [2.45, 2.75) is 0 Å². The second kappa shape index (κ2) is 2.91. The van der Waals surface area contributed by atoms with Gasteiger partial charge in [0.05, 0.1) is 12.8 Å². The van der Waals surface area contributed by atoms with E-state index in [-0.39, 0.29) is 0 Å². The van der Waals surface area contributed by atoms with Crippen LogP contribution in [0.3, 0.4) is 0 Å². The number of amides is 1. The zero-order chi connectivity index (χ0) is 7.40. The van der Waals surface area contributed by atoms with Gasteiger partial charge in [-0.2, -0.15) is 0 Å².